The van der Waals surface area contributed by atoms with Gasteiger partial charge in [-0.3, -0.25) is 4.79 Å². The number of cyclic esters (lactones) is 1. The van der Waals surface area contributed by atoms with E-state index in [0.717, 1.165) is 12.0 Å². The Bertz CT molecular complexity index is 512. The zero-order valence-electron chi connectivity index (χ0n) is 13.5. The van der Waals surface area contributed by atoms with Crippen LogP contribution < -0.4 is 0 Å². The van der Waals surface area contributed by atoms with Gasteiger partial charge in [-0.2, -0.15) is 0 Å². The monoisotopic (exact) mass is 322 g/mol. The molecule has 23 heavy (non-hydrogen) atoms. The molecular weight excluding hydrogens is 296 g/mol. The minimum absolute atomic E-state index is 0.0302. The number of hydrogen-bond donors (Lipinski definition) is 3. The van der Waals surface area contributed by atoms with Gasteiger partial charge in [0.2, 0.25) is 0 Å². The Kier molecular flexibility index (Phi) is 4.90. The largest absolute Gasteiger partial charge is 0.462 e. The van der Waals surface area contributed by atoms with Crippen molar-refractivity contribution >= 4 is 5.97 Å². The number of hydrogen-bond acceptors (Lipinski definition) is 5. The Balaban J connectivity index is 1.67. The van der Waals surface area contributed by atoms with Crippen LogP contribution >= 0.6 is 0 Å². The summed E-state index contributed by atoms with van der Waals surface area (Å²) in [7, 11) is 0. The molecule has 0 aromatic heterocycles. The highest BCUT2D eigenvalue weighted by atomic mass is 16.5. The van der Waals surface area contributed by atoms with E-state index in [2.05, 4.69) is 13.0 Å². The molecule has 1 fully saturated rings. The minimum Gasteiger partial charge on any atom is -0.462 e. The molecule has 0 unspecified atom stereocenters. The van der Waals surface area contributed by atoms with Crippen LogP contribution in [-0.2, 0) is 9.53 Å². The minimum atomic E-state index is -0.601. The van der Waals surface area contributed by atoms with Crippen LogP contribution in [0.15, 0.2) is 23.8 Å². The molecule has 3 aliphatic rings. The fourth-order valence-corrected chi connectivity index (χ4v) is 4.31. The molecule has 1 heterocycles. The van der Waals surface area contributed by atoms with Crippen LogP contribution in [0.4, 0.5) is 0 Å². The number of aliphatic hydroxyl groups excluding tert-OH is 3. The molecule has 0 spiro atoms. The van der Waals surface area contributed by atoms with E-state index in [0.29, 0.717) is 25.2 Å². The van der Waals surface area contributed by atoms with Gasteiger partial charge in [-0.1, -0.05) is 25.2 Å². The van der Waals surface area contributed by atoms with Gasteiger partial charge in [0, 0.05) is 18.8 Å². The summed E-state index contributed by atoms with van der Waals surface area (Å²) < 4.78 is 5.33. The van der Waals surface area contributed by atoms with Crippen molar-refractivity contribution in [1.82, 2.24) is 0 Å². The number of esters is 1. The smallest absolute Gasteiger partial charge is 0.308 e. The van der Waals surface area contributed by atoms with Crippen molar-refractivity contribution in [1.29, 1.82) is 0 Å². The van der Waals surface area contributed by atoms with E-state index in [9.17, 15) is 20.1 Å². The Morgan fingerprint density at radius 1 is 1.22 bits per heavy atom. The number of aliphatic hydroxyl groups is 3. The molecule has 0 aromatic rings. The highest BCUT2D eigenvalue weighted by Gasteiger charge is 2.39. The topological polar surface area (TPSA) is 87.0 Å². The van der Waals surface area contributed by atoms with E-state index < -0.39 is 18.3 Å². The van der Waals surface area contributed by atoms with Crippen LogP contribution in [0.1, 0.15) is 39.0 Å². The standard InChI is InChI=1S/C18H26O5/c1-10-2-3-11-6-12(19)8-16(21)18(11)15(10)5-4-14-7-13(20)9-17(22)23-14/h2-3,6,10,12-16,18-21H,4-5,7-9H2,1H3/t10-,12-,13-,14-,15+,16+,18+/m1/s1. The molecule has 128 valence electrons. The average molecular weight is 322 g/mol. The van der Waals surface area contributed by atoms with Gasteiger partial charge >= 0.3 is 5.97 Å². The van der Waals surface area contributed by atoms with E-state index in [1.54, 1.807) is 0 Å². The van der Waals surface area contributed by atoms with Crippen LogP contribution in [-0.4, -0.2) is 45.7 Å². The van der Waals surface area contributed by atoms with Crippen LogP contribution in [0.3, 0.4) is 0 Å². The maximum atomic E-state index is 11.4. The third-order valence-electron chi connectivity index (χ3n) is 5.45. The molecule has 3 rings (SSSR count). The van der Waals surface area contributed by atoms with Crippen molar-refractivity contribution in [3.63, 3.8) is 0 Å². The third-order valence-corrected chi connectivity index (χ3v) is 5.45. The first-order chi connectivity index (χ1) is 10.9. The predicted octanol–water partition coefficient (Wildman–Crippen LogP) is 1.32. The van der Waals surface area contributed by atoms with Gasteiger partial charge in [-0.15, -0.1) is 0 Å². The second kappa shape index (κ2) is 6.75. The van der Waals surface area contributed by atoms with Crippen molar-refractivity contribution in [3.8, 4) is 0 Å². The van der Waals surface area contributed by atoms with E-state index >= 15 is 0 Å². The van der Waals surface area contributed by atoms with Gasteiger partial charge in [0.15, 0.2) is 0 Å². The number of ether oxygens (including phenoxy) is 1. The van der Waals surface area contributed by atoms with E-state index in [1.165, 1.54) is 0 Å². The van der Waals surface area contributed by atoms with Crippen LogP contribution in [0.25, 0.3) is 0 Å². The molecule has 0 radical (unpaired) electrons. The summed E-state index contributed by atoms with van der Waals surface area (Å²) >= 11 is 0. The molecule has 1 saturated heterocycles. The third kappa shape index (κ3) is 3.67. The zero-order valence-corrected chi connectivity index (χ0v) is 13.5. The lowest BCUT2D eigenvalue weighted by Gasteiger charge is -2.41. The molecule has 3 N–H and O–H groups in total. The van der Waals surface area contributed by atoms with Gasteiger partial charge in [0.25, 0.3) is 0 Å². The molecule has 0 amide bonds. The molecule has 7 atom stereocenters. The first-order valence-corrected chi connectivity index (χ1v) is 8.57. The molecule has 2 aliphatic carbocycles. The normalized spacial score (nSPS) is 43.6. The summed E-state index contributed by atoms with van der Waals surface area (Å²) in [5.74, 6) is 0.284. The summed E-state index contributed by atoms with van der Waals surface area (Å²) in [5.41, 5.74) is 1.01. The highest BCUT2D eigenvalue weighted by Crippen LogP contribution is 2.42. The lowest BCUT2D eigenvalue weighted by Crippen LogP contribution is -2.40. The average Bonchev–Trinajstić information content (AvgIpc) is 2.45. The van der Waals surface area contributed by atoms with Gasteiger partial charge < -0.3 is 20.1 Å². The van der Waals surface area contributed by atoms with Crippen LogP contribution in [0.5, 0.6) is 0 Å². The number of allylic oxidation sites excluding steroid dienone is 2. The lowest BCUT2D eigenvalue weighted by atomic mass is 9.66. The maximum Gasteiger partial charge on any atom is 0.308 e. The summed E-state index contributed by atoms with van der Waals surface area (Å²) in [6.45, 7) is 2.14. The van der Waals surface area contributed by atoms with E-state index in [1.807, 2.05) is 12.2 Å². The van der Waals surface area contributed by atoms with E-state index in [-0.39, 0.29) is 30.3 Å². The number of fused-ring (bicyclic) bond motifs is 1. The molecule has 1 aliphatic heterocycles. The second-order valence-corrected chi connectivity index (χ2v) is 7.23. The zero-order chi connectivity index (χ0) is 16.6. The van der Waals surface area contributed by atoms with Crippen molar-refractivity contribution in [3.05, 3.63) is 23.8 Å². The first kappa shape index (κ1) is 16.7. The number of carbonyl (C=O) groups excluding carboxylic acids is 1. The Morgan fingerprint density at radius 2 is 2.00 bits per heavy atom. The summed E-state index contributed by atoms with van der Waals surface area (Å²) in [6.07, 6.45) is 6.52. The Hall–Kier alpha value is -1.17. The first-order valence-electron chi connectivity index (χ1n) is 8.57. The Morgan fingerprint density at radius 3 is 2.74 bits per heavy atom. The molecule has 5 heteroatoms. The highest BCUT2D eigenvalue weighted by molar-refractivity contribution is 5.70. The van der Waals surface area contributed by atoms with Gasteiger partial charge in [-0.25, -0.2) is 0 Å². The summed E-state index contributed by atoms with van der Waals surface area (Å²) in [5, 5.41) is 29.9. The van der Waals surface area contributed by atoms with Crippen molar-refractivity contribution in [2.75, 3.05) is 0 Å². The molecule has 5 nitrogen and oxygen atoms in total. The molecule has 0 saturated carbocycles. The quantitative estimate of drug-likeness (QED) is 0.682. The molecule has 0 aromatic carbocycles. The maximum absolute atomic E-state index is 11.4. The lowest BCUT2D eigenvalue weighted by molar-refractivity contribution is -0.160. The number of carbonyl (C=O) groups is 1. The van der Waals surface area contributed by atoms with Crippen LogP contribution in [0, 0.1) is 17.8 Å². The van der Waals surface area contributed by atoms with Crippen molar-refractivity contribution < 1.29 is 24.9 Å². The second-order valence-electron chi connectivity index (χ2n) is 7.23. The predicted molar refractivity (Wildman–Crippen MR) is 84.4 cm³/mol. The fraction of sp³-hybridized carbons (Fsp3) is 0.722. The van der Waals surface area contributed by atoms with E-state index in [4.69, 9.17) is 4.74 Å². The Labute approximate surface area is 136 Å². The molecular formula is C18H26O5. The number of rotatable bonds is 3. The fourth-order valence-electron chi connectivity index (χ4n) is 4.31. The summed E-state index contributed by atoms with van der Waals surface area (Å²) in [4.78, 5) is 11.4. The van der Waals surface area contributed by atoms with Crippen molar-refractivity contribution in [2.45, 2.75) is 63.4 Å². The van der Waals surface area contributed by atoms with Gasteiger partial charge in [0.05, 0.1) is 24.7 Å². The van der Waals surface area contributed by atoms with Gasteiger partial charge in [-0.05, 0) is 30.3 Å². The molecule has 0 bridgehead atoms. The van der Waals surface area contributed by atoms with Crippen LogP contribution in [0.2, 0.25) is 0 Å². The van der Waals surface area contributed by atoms with Gasteiger partial charge in [0.1, 0.15) is 6.10 Å². The SMILES string of the molecule is C[C@@H]1C=CC2=C[C@@H](O)C[C@H](O)[C@@H]2[C@H]1CC[C@@H]1C[C@@H](O)CC(=O)O1. The van der Waals surface area contributed by atoms with Crippen molar-refractivity contribution in [2.24, 2.45) is 17.8 Å². The summed E-state index contributed by atoms with van der Waals surface area (Å²) in [6, 6.07) is 0.